The zero-order valence-corrected chi connectivity index (χ0v) is 17.9. The zero-order chi connectivity index (χ0) is 21.5. The van der Waals surface area contributed by atoms with Crippen molar-refractivity contribution < 1.29 is 18.7 Å². The number of aryl methyl sites for hydroxylation is 1. The Labute approximate surface area is 182 Å². The topological polar surface area (TPSA) is 56.6 Å². The van der Waals surface area contributed by atoms with E-state index in [-0.39, 0.29) is 17.8 Å². The van der Waals surface area contributed by atoms with Crippen LogP contribution in [-0.2, 0) is 0 Å². The summed E-state index contributed by atoms with van der Waals surface area (Å²) in [4.78, 5) is 16.2. The van der Waals surface area contributed by atoms with Crippen molar-refractivity contribution in [2.24, 2.45) is 0 Å². The number of ether oxygens (including phenoxy) is 2. The summed E-state index contributed by atoms with van der Waals surface area (Å²) in [7, 11) is 1.76. The summed E-state index contributed by atoms with van der Waals surface area (Å²) in [6.07, 6.45) is -0.241. The predicted octanol–water partition coefficient (Wildman–Crippen LogP) is 4.45. The molecule has 2 aromatic carbocycles. The van der Waals surface area contributed by atoms with Crippen LogP contribution in [-0.4, -0.2) is 46.9 Å². The molecule has 4 aromatic rings. The van der Waals surface area contributed by atoms with E-state index >= 15 is 0 Å². The molecule has 158 valence electrons. The molecule has 31 heavy (non-hydrogen) atoms. The van der Waals surface area contributed by atoms with Gasteiger partial charge in [-0.1, -0.05) is 12.1 Å². The number of carbonyl (C=O) groups excluding carboxylic acids is 1. The minimum absolute atomic E-state index is 0.0892. The first-order valence-corrected chi connectivity index (χ1v) is 10.7. The Morgan fingerprint density at radius 3 is 2.74 bits per heavy atom. The van der Waals surface area contributed by atoms with Crippen LogP contribution in [0.4, 0.5) is 4.39 Å². The van der Waals surface area contributed by atoms with Crippen molar-refractivity contribution in [3.05, 3.63) is 71.0 Å². The standard InChI is InChI=1S/C23H20FN3O3S/c1-14-18-11-21(31-23(18)27(25-14)16-9-7-15(24)8-10-16)22(28)26(2)12-17-13-29-19-5-3-4-6-20(19)30-17/h3-11,17H,12-13H2,1-2H3/t17-/m1/s1. The second-order valence-electron chi connectivity index (χ2n) is 7.49. The van der Waals surface area contributed by atoms with Crippen molar-refractivity contribution >= 4 is 27.5 Å². The normalized spacial score (nSPS) is 15.3. The van der Waals surface area contributed by atoms with Crippen molar-refractivity contribution in [3.63, 3.8) is 0 Å². The highest BCUT2D eigenvalue weighted by Crippen LogP contribution is 2.33. The summed E-state index contributed by atoms with van der Waals surface area (Å²) in [5, 5.41) is 5.47. The molecule has 0 bridgehead atoms. The van der Waals surface area contributed by atoms with Crippen LogP contribution in [0.2, 0.25) is 0 Å². The Kier molecular flexibility index (Phi) is 4.86. The quantitative estimate of drug-likeness (QED) is 0.474. The molecule has 1 aliphatic rings. The molecule has 1 amide bonds. The van der Waals surface area contributed by atoms with Crippen molar-refractivity contribution in [1.29, 1.82) is 0 Å². The number of rotatable bonds is 4. The van der Waals surface area contributed by atoms with E-state index in [1.165, 1.54) is 23.5 Å². The number of thiophene rings is 1. The maximum absolute atomic E-state index is 13.3. The molecule has 0 radical (unpaired) electrons. The van der Waals surface area contributed by atoms with Gasteiger partial charge in [-0.15, -0.1) is 11.3 Å². The number of likely N-dealkylation sites (N-methyl/N-ethyl adjacent to an activating group) is 1. The Morgan fingerprint density at radius 1 is 1.23 bits per heavy atom. The summed E-state index contributed by atoms with van der Waals surface area (Å²) in [6, 6.07) is 15.5. The van der Waals surface area contributed by atoms with Gasteiger partial charge in [0.05, 0.1) is 22.8 Å². The summed E-state index contributed by atoms with van der Waals surface area (Å²) >= 11 is 1.37. The van der Waals surface area contributed by atoms with Gasteiger partial charge >= 0.3 is 0 Å². The number of benzene rings is 2. The largest absolute Gasteiger partial charge is 0.486 e. The molecule has 0 spiro atoms. The van der Waals surface area contributed by atoms with Crippen LogP contribution in [0.3, 0.4) is 0 Å². The van der Waals surface area contributed by atoms with E-state index in [1.54, 1.807) is 28.8 Å². The van der Waals surface area contributed by atoms with Crippen LogP contribution in [0.25, 0.3) is 15.9 Å². The summed E-state index contributed by atoms with van der Waals surface area (Å²) in [6.45, 7) is 2.70. The van der Waals surface area contributed by atoms with Crippen LogP contribution in [0.15, 0.2) is 54.6 Å². The number of hydrogen-bond donors (Lipinski definition) is 0. The van der Waals surface area contributed by atoms with Gasteiger partial charge in [0.25, 0.3) is 5.91 Å². The van der Waals surface area contributed by atoms with Crippen molar-refractivity contribution in [3.8, 4) is 17.2 Å². The number of halogens is 1. The molecule has 0 fully saturated rings. The monoisotopic (exact) mass is 437 g/mol. The first kappa shape index (κ1) is 19.6. The van der Waals surface area contributed by atoms with Gasteiger partial charge in [-0.05, 0) is 49.4 Å². The average Bonchev–Trinajstić information content (AvgIpc) is 3.34. The lowest BCUT2D eigenvalue weighted by Gasteiger charge is -2.29. The number of hydrogen-bond acceptors (Lipinski definition) is 5. The highest BCUT2D eigenvalue weighted by Gasteiger charge is 2.26. The number of nitrogens with zero attached hydrogens (tertiary/aromatic N) is 3. The number of para-hydroxylation sites is 2. The van der Waals surface area contributed by atoms with E-state index < -0.39 is 0 Å². The highest BCUT2D eigenvalue weighted by atomic mass is 32.1. The van der Waals surface area contributed by atoms with E-state index in [1.807, 2.05) is 37.3 Å². The lowest BCUT2D eigenvalue weighted by atomic mass is 10.2. The molecule has 0 saturated carbocycles. The fourth-order valence-corrected chi connectivity index (χ4v) is 4.82. The average molecular weight is 437 g/mol. The number of aromatic nitrogens is 2. The van der Waals surface area contributed by atoms with Crippen LogP contribution < -0.4 is 9.47 Å². The van der Waals surface area contributed by atoms with Crippen LogP contribution >= 0.6 is 11.3 Å². The van der Waals surface area contributed by atoms with Gasteiger partial charge < -0.3 is 14.4 Å². The van der Waals surface area contributed by atoms with Crippen molar-refractivity contribution in [2.75, 3.05) is 20.2 Å². The van der Waals surface area contributed by atoms with Gasteiger partial charge in [0.1, 0.15) is 17.3 Å². The Balaban J connectivity index is 1.36. The Bertz CT molecular complexity index is 1270. The zero-order valence-electron chi connectivity index (χ0n) is 17.0. The summed E-state index contributed by atoms with van der Waals surface area (Å²) in [5.74, 6) is 1.02. The third-order valence-corrected chi connectivity index (χ3v) is 6.32. The number of amides is 1. The second kappa shape index (κ2) is 7.70. The number of fused-ring (bicyclic) bond motifs is 2. The molecule has 1 atom stereocenters. The fraction of sp³-hybridized carbons (Fsp3) is 0.217. The molecule has 8 heteroatoms. The van der Waals surface area contributed by atoms with Gasteiger partial charge in [0, 0.05) is 12.4 Å². The van der Waals surface area contributed by atoms with E-state index in [0.29, 0.717) is 23.8 Å². The maximum Gasteiger partial charge on any atom is 0.263 e. The van der Waals surface area contributed by atoms with Crippen LogP contribution in [0, 0.1) is 12.7 Å². The predicted molar refractivity (Wildman–Crippen MR) is 117 cm³/mol. The molecule has 2 aromatic heterocycles. The minimum Gasteiger partial charge on any atom is -0.486 e. The third-order valence-electron chi connectivity index (χ3n) is 5.22. The molecule has 3 heterocycles. The molecule has 6 nitrogen and oxygen atoms in total. The first-order chi connectivity index (χ1) is 15.0. The van der Waals surface area contributed by atoms with Gasteiger partial charge in [0.2, 0.25) is 0 Å². The van der Waals surface area contributed by atoms with Gasteiger partial charge in [0.15, 0.2) is 17.6 Å². The maximum atomic E-state index is 13.3. The summed E-state index contributed by atoms with van der Waals surface area (Å²) < 4.78 is 26.8. The van der Waals surface area contributed by atoms with Gasteiger partial charge in [-0.3, -0.25) is 4.79 Å². The first-order valence-electron chi connectivity index (χ1n) is 9.88. The Morgan fingerprint density at radius 2 is 1.97 bits per heavy atom. The molecule has 1 aliphatic heterocycles. The van der Waals surface area contributed by atoms with E-state index in [9.17, 15) is 9.18 Å². The molecule has 5 rings (SSSR count). The lowest BCUT2D eigenvalue weighted by molar-refractivity contribution is 0.0524. The van der Waals surface area contributed by atoms with E-state index in [0.717, 1.165) is 27.3 Å². The third kappa shape index (κ3) is 3.63. The van der Waals surface area contributed by atoms with Crippen LogP contribution in [0.1, 0.15) is 15.4 Å². The molecule has 0 unspecified atom stereocenters. The Hall–Kier alpha value is -3.39. The molecular weight excluding hydrogens is 417 g/mol. The van der Waals surface area contributed by atoms with Gasteiger partial charge in [-0.25, -0.2) is 9.07 Å². The molecule has 0 aliphatic carbocycles. The molecular formula is C23H20FN3O3S. The fourth-order valence-electron chi connectivity index (χ4n) is 3.64. The highest BCUT2D eigenvalue weighted by molar-refractivity contribution is 7.20. The van der Waals surface area contributed by atoms with E-state index in [2.05, 4.69) is 5.10 Å². The summed E-state index contributed by atoms with van der Waals surface area (Å²) in [5.41, 5.74) is 1.57. The van der Waals surface area contributed by atoms with Gasteiger partial charge in [-0.2, -0.15) is 5.10 Å². The van der Waals surface area contributed by atoms with Crippen molar-refractivity contribution in [1.82, 2.24) is 14.7 Å². The minimum atomic E-state index is -0.302. The second-order valence-corrected chi connectivity index (χ2v) is 8.52. The smallest absolute Gasteiger partial charge is 0.263 e. The molecule has 0 saturated heterocycles. The molecule has 0 N–H and O–H groups in total. The van der Waals surface area contributed by atoms with E-state index in [4.69, 9.17) is 9.47 Å². The number of carbonyl (C=O) groups is 1. The van der Waals surface area contributed by atoms with Crippen LogP contribution in [0.5, 0.6) is 11.5 Å². The lowest BCUT2D eigenvalue weighted by Crippen LogP contribution is -2.41. The van der Waals surface area contributed by atoms with Crippen molar-refractivity contribution in [2.45, 2.75) is 13.0 Å². The SMILES string of the molecule is Cc1nn(-c2ccc(F)cc2)c2sc(C(=O)N(C)C[C@@H]3COc4ccccc4O3)cc12.